The molecule has 3 aliphatic carbocycles. The number of nitrogens with zero attached hydrogens (tertiary/aromatic N) is 4. The van der Waals surface area contributed by atoms with Gasteiger partial charge in [0.2, 0.25) is 5.95 Å². The van der Waals surface area contributed by atoms with Crippen LogP contribution in [0.3, 0.4) is 0 Å². The van der Waals surface area contributed by atoms with E-state index >= 15 is 0 Å². The van der Waals surface area contributed by atoms with Crippen molar-refractivity contribution in [1.29, 1.82) is 0 Å². The molecule has 49 heavy (non-hydrogen) atoms. The van der Waals surface area contributed by atoms with E-state index in [4.69, 9.17) is 19.8 Å². The SMILES string of the molecule is CCOP(=O)(CCCN1CCN(c2cc(N)nc(NC[C@H]3CC[C@H](CNCCCNC4CCCCC4)CC3)n2)CC12CCCCC2)OCC. The van der Waals surface area contributed by atoms with Crippen molar-refractivity contribution in [3.63, 3.8) is 0 Å². The highest BCUT2D eigenvalue weighted by molar-refractivity contribution is 7.53. The zero-order chi connectivity index (χ0) is 34.4. The maximum absolute atomic E-state index is 13.1. The molecular weight excluding hydrogens is 635 g/mol. The van der Waals surface area contributed by atoms with Gasteiger partial charge in [0.05, 0.1) is 19.4 Å². The minimum Gasteiger partial charge on any atom is -0.383 e. The van der Waals surface area contributed by atoms with E-state index in [0.717, 1.165) is 76.6 Å². The van der Waals surface area contributed by atoms with E-state index in [-0.39, 0.29) is 5.54 Å². The van der Waals surface area contributed by atoms with Gasteiger partial charge in [-0.05, 0) is 116 Å². The van der Waals surface area contributed by atoms with Gasteiger partial charge in [0, 0.05) is 43.8 Å². The van der Waals surface area contributed by atoms with Gasteiger partial charge in [0.15, 0.2) is 0 Å². The highest BCUT2D eigenvalue weighted by Crippen LogP contribution is 2.49. The lowest BCUT2D eigenvalue weighted by molar-refractivity contribution is 0.0385. The molecule has 0 bridgehead atoms. The second-order valence-electron chi connectivity index (χ2n) is 15.3. The zero-order valence-electron chi connectivity index (χ0n) is 30.9. The molecule has 4 fully saturated rings. The second-order valence-corrected chi connectivity index (χ2v) is 17.5. The van der Waals surface area contributed by atoms with Crippen LogP contribution in [0.4, 0.5) is 17.6 Å². The second kappa shape index (κ2) is 19.9. The van der Waals surface area contributed by atoms with Crippen molar-refractivity contribution in [3.05, 3.63) is 6.07 Å². The van der Waals surface area contributed by atoms with Crippen molar-refractivity contribution in [1.82, 2.24) is 25.5 Å². The molecule has 12 heteroatoms. The molecule has 1 saturated heterocycles. The van der Waals surface area contributed by atoms with Gasteiger partial charge >= 0.3 is 7.60 Å². The summed E-state index contributed by atoms with van der Waals surface area (Å²) in [5, 5.41) is 11.1. The average molecular weight is 705 g/mol. The van der Waals surface area contributed by atoms with Crippen molar-refractivity contribution < 1.29 is 13.6 Å². The van der Waals surface area contributed by atoms with E-state index in [2.05, 4.69) is 30.7 Å². The van der Waals surface area contributed by atoms with Gasteiger partial charge < -0.3 is 35.6 Å². The Morgan fingerprint density at radius 3 is 2.29 bits per heavy atom. The molecule has 0 unspecified atom stereocenters. The fraction of sp³-hybridized carbons (Fsp3) is 0.892. The number of anilines is 3. The van der Waals surface area contributed by atoms with Gasteiger partial charge in [-0.25, -0.2) is 0 Å². The van der Waals surface area contributed by atoms with E-state index in [1.54, 1.807) is 0 Å². The van der Waals surface area contributed by atoms with Crippen molar-refractivity contribution in [2.45, 2.75) is 128 Å². The van der Waals surface area contributed by atoms with Gasteiger partial charge in [0.25, 0.3) is 0 Å². The molecule has 0 radical (unpaired) electrons. The molecule has 0 amide bonds. The first-order valence-corrected chi connectivity index (χ1v) is 21.8. The summed E-state index contributed by atoms with van der Waals surface area (Å²) in [7, 11) is -3.02. The molecule has 3 saturated carbocycles. The predicted molar refractivity (Wildman–Crippen MR) is 203 cm³/mol. The first kappa shape index (κ1) is 38.7. The minimum atomic E-state index is -3.02. The summed E-state index contributed by atoms with van der Waals surface area (Å²) >= 11 is 0. The van der Waals surface area contributed by atoms with Crippen LogP contribution in [-0.4, -0.2) is 98.2 Å². The molecule has 5 N–H and O–H groups in total. The molecule has 1 aromatic rings. The lowest BCUT2D eigenvalue weighted by Gasteiger charge is -2.53. The Balaban J connectivity index is 1.05. The summed E-state index contributed by atoms with van der Waals surface area (Å²) in [5.74, 6) is 3.56. The summed E-state index contributed by atoms with van der Waals surface area (Å²) < 4.78 is 24.2. The molecular formula is C37H69N8O3P. The van der Waals surface area contributed by atoms with Crippen LogP contribution in [-0.2, 0) is 13.6 Å². The summed E-state index contributed by atoms with van der Waals surface area (Å²) in [6.45, 7) is 12.6. The Labute approximate surface area is 297 Å². The standard InChI is InChI=1S/C37H69N8O3P/c1-3-47-49(46,48-4-2)26-12-23-45-25-24-44(30-37(45)19-9-6-10-20-37)35-27-34(38)42-36(43-35)41-29-32-17-15-31(16-18-32)28-39-21-11-22-40-33-13-7-5-8-14-33/h27,31-33,39-40H,3-26,28-30H2,1-2H3,(H3,38,41,42,43)/t31-,32-. The highest BCUT2D eigenvalue weighted by atomic mass is 31.2. The van der Waals surface area contributed by atoms with Gasteiger partial charge in [-0.15, -0.1) is 0 Å². The first-order valence-electron chi connectivity index (χ1n) is 20.1. The number of hydrogen-bond acceptors (Lipinski definition) is 11. The minimum absolute atomic E-state index is 0.102. The van der Waals surface area contributed by atoms with Gasteiger partial charge in [-0.1, -0.05) is 38.5 Å². The van der Waals surface area contributed by atoms with E-state index in [0.29, 0.717) is 37.1 Å². The molecule has 1 spiro atoms. The lowest BCUT2D eigenvalue weighted by Crippen LogP contribution is -2.63. The van der Waals surface area contributed by atoms with Crippen LogP contribution in [0, 0.1) is 11.8 Å². The highest BCUT2D eigenvalue weighted by Gasteiger charge is 2.43. The third-order valence-electron chi connectivity index (χ3n) is 11.7. The quantitative estimate of drug-likeness (QED) is 0.0912. The van der Waals surface area contributed by atoms with Crippen molar-refractivity contribution in [2.24, 2.45) is 11.8 Å². The number of hydrogen-bond donors (Lipinski definition) is 4. The van der Waals surface area contributed by atoms with Gasteiger partial charge in [0.1, 0.15) is 11.6 Å². The number of nitrogen functional groups attached to an aromatic ring is 1. The monoisotopic (exact) mass is 705 g/mol. The van der Waals surface area contributed by atoms with Crippen molar-refractivity contribution in [3.8, 4) is 0 Å². The summed E-state index contributed by atoms with van der Waals surface area (Å²) in [5.41, 5.74) is 6.47. The van der Waals surface area contributed by atoms with Crippen LogP contribution in [0.25, 0.3) is 0 Å². The maximum Gasteiger partial charge on any atom is 0.330 e. The van der Waals surface area contributed by atoms with Crippen LogP contribution in [0.15, 0.2) is 6.07 Å². The topological polar surface area (TPSA) is 130 Å². The third-order valence-corrected chi connectivity index (χ3v) is 13.8. The largest absolute Gasteiger partial charge is 0.383 e. The smallest absolute Gasteiger partial charge is 0.330 e. The summed E-state index contributed by atoms with van der Waals surface area (Å²) in [6, 6.07) is 2.71. The Bertz CT molecular complexity index is 1130. The molecule has 5 rings (SSSR count). The molecule has 280 valence electrons. The van der Waals surface area contributed by atoms with Crippen LogP contribution < -0.4 is 26.6 Å². The molecule has 11 nitrogen and oxygen atoms in total. The van der Waals surface area contributed by atoms with E-state index in [9.17, 15) is 4.57 Å². The third kappa shape index (κ3) is 12.0. The summed E-state index contributed by atoms with van der Waals surface area (Å²) in [4.78, 5) is 14.7. The fourth-order valence-corrected chi connectivity index (χ4v) is 10.6. The molecule has 1 aliphatic heterocycles. The molecule has 0 atom stereocenters. The van der Waals surface area contributed by atoms with E-state index < -0.39 is 7.60 Å². The average Bonchev–Trinajstić information content (AvgIpc) is 3.11. The zero-order valence-corrected chi connectivity index (χ0v) is 31.8. The number of nitrogens with two attached hydrogens (primary N) is 1. The van der Waals surface area contributed by atoms with Crippen LogP contribution in [0.5, 0.6) is 0 Å². The number of aromatic nitrogens is 2. The first-order chi connectivity index (χ1) is 23.9. The molecule has 1 aromatic heterocycles. The number of rotatable bonds is 19. The van der Waals surface area contributed by atoms with Gasteiger partial charge in [-0.3, -0.25) is 9.46 Å². The Morgan fingerprint density at radius 1 is 0.878 bits per heavy atom. The van der Waals surface area contributed by atoms with Crippen LogP contribution in [0.2, 0.25) is 0 Å². The Hall–Kier alpha value is -1.49. The van der Waals surface area contributed by atoms with Gasteiger partial charge in [-0.2, -0.15) is 9.97 Å². The van der Waals surface area contributed by atoms with E-state index in [1.807, 2.05) is 19.9 Å². The number of piperazine rings is 1. The van der Waals surface area contributed by atoms with Crippen molar-refractivity contribution >= 4 is 25.2 Å². The van der Waals surface area contributed by atoms with Crippen molar-refractivity contribution in [2.75, 3.05) is 87.7 Å². The molecule has 4 aliphatic rings. The Morgan fingerprint density at radius 2 is 1.57 bits per heavy atom. The summed E-state index contributed by atoms with van der Waals surface area (Å²) in [6.07, 6.45) is 20.7. The normalized spacial score (nSPS) is 24.0. The molecule has 0 aromatic carbocycles. The maximum atomic E-state index is 13.1. The fourth-order valence-electron chi connectivity index (χ4n) is 8.96. The van der Waals surface area contributed by atoms with Crippen LogP contribution in [0.1, 0.15) is 117 Å². The van der Waals surface area contributed by atoms with Crippen LogP contribution >= 0.6 is 7.60 Å². The molecule has 2 heterocycles. The predicted octanol–water partition coefficient (Wildman–Crippen LogP) is 6.66. The lowest BCUT2D eigenvalue weighted by atomic mass is 9.78. The van der Waals surface area contributed by atoms with E-state index in [1.165, 1.54) is 96.3 Å². The Kier molecular flexibility index (Phi) is 15.8. The number of nitrogens with one attached hydrogen (secondary N) is 3.